The maximum absolute atomic E-state index is 9.32. The molecule has 0 aliphatic heterocycles. The highest BCUT2D eigenvalue weighted by molar-refractivity contribution is 6.44. The molecule has 1 heterocycles. The van der Waals surface area contributed by atoms with E-state index in [1.54, 1.807) is 12.3 Å². The molecule has 0 fully saturated rings. The van der Waals surface area contributed by atoms with Gasteiger partial charge in [-0.1, -0.05) is 11.6 Å². The average molecular weight is 178 g/mol. The van der Waals surface area contributed by atoms with Gasteiger partial charge in [0.25, 0.3) is 0 Å². The summed E-state index contributed by atoms with van der Waals surface area (Å²) in [4.78, 5) is 0. The van der Waals surface area contributed by atoms with E-state index in [0.29, 0.717) is 5.39 Å². The van der Waals surface area contributed by atoms with Crippen molar-refractivity contribution in [2.75, 3.05) is 0 Å². The van der Waals surface area contributed by atoms with E-state index in [1.165, 1.54) is 0 Å². The predicted molar refractivity (Wildman–Crippen MR) is 48.2 cm³/mol. The fourth-order valence-electron chi connectivity index (χ4n) is 1.07. The molecule has 0 spiro atoms. The monoisotopic (exact) mass is 178 g/mol. The van der Waals surface area contributed by atoms with Crippen molar-refractivity contribution in [3.05, 3.63) is 17.3 Å². The lowest BCUT2D eigenvalue weighted by Gasteiger charge is -2.01. The maximum atomic E-state index is 9.32. The van der Waals surface area contributed by atoms with Crippen molar-refractivity contribution in [1.29, 1.82) is 0 Å². The molecule has 0 amide bonds. The molecule has 1 aromatic carbocycles. The van der Waals surface area contributed by atoms with Crippen LogP contribution in [0.2, 0.25) is 5.02 Å². The summed E-state index contributed by atoms with van der Waals surface area (Å²) in [5.41, 5.74) is 0.974. The number of rotatable bonds is 0. The Balaban J connectivity index is 2.94. The van der Waals surface area contributed by atoms with Crippen LogP contribution in [0.1, 0.15) is 0 Å². The Labute approximate surface area is 74.8 Å². The predicted octanol–water partition coefficient (Wildman–Crippen LogP) is 0.716. The summed E-state index contributed by atoms with van der Waals surface area (Å²) in [6.45, 7) is 0. The molecular weight excluding hydrogens is 174 g/mol. The van der Waals surface area contributed by atoms with E-state index in [2.05, 4.69) is 10.2 Å². The van der Waals surface area contributed by atoms with Crippen LogP contribution < -0.4 is 5.46 Å². The Bertz CT molecular complexity index is 440. The standard InChI is InChI=1S/C7H4BClN2O/c8-6-3-2-10-11-5(3)1-4(9)7(6)12/h1-2,12H,(H,10,11). The topological polar surface area (TPSA) is 48.9 Å². The number of nitrogens with one attached hydrogen (secondary N) is 1. The summed E-state index contributed by atoms with van der Waals surface area (Å²) in [7, 11) is 5.57. The van der Waals surface area contributed by atoms with Gasteiger partial charge in [0, 0.05) is 5.39 Å². The van der Waals surface area contributed by atoms with Gasteiger partial charge in [-0.3, -0.25) is 5.10 Å². The average Bonchev–Trinajstić information content (AvgIpc) is 2.48. The number of phenolic OH excluding ortho intramolecular Hbond substituents is 1. The van der Waals surface area contributed by atoms with Gasteiger partial charge in [-0.2, -0.15) is 5.10 Å². The zero-order valence-electron chi connectivity index (χ0n) is 6.00. The second-order valence-electron chi connectivity index (χ2n) is 2.45. The Morgan fingerprint density at radius 1 is 1.58 bits per heavy atom. The smallest absolute Gasteiger partial charge is 0.127 e. The third-order valence-corrected chi connectivity index (χ3v) is 2.00. The molecule has 5 heteroatoms. The fraction of sp³-hybridized carbons (Fsp3) is 0. The molecule has 0 aliphatic carbocycles. The number of hydrogen-bond donors (Lipinski definition) is 2. The highest BCUT2D eigenvalue weighted by atomic mass is 35.5. The number of aromatic amines is 1. The first-order valence-corrected chi connectivity index (χ1v) is 3.68. The SMILES string of the molecule is [B]c1c(O)c(Cl)cc2[nH]ncc12. The van der Waals surface area contributed by atoms with Gasteiger partial charge in [-0.05, 0) is 11.5 Å². The normalized spacial score (nSPS) is 10.8. The van der Waals surface area contributed by atoms with Crippen LogP contribution in [0.4, 0.5) is 0 Å². The summed E-state index contributed by atoms with van der Waals surface area (Å²) in [5, 5.41) is 16.7. The van der Waals surface area contributed by atoms with Crippen molar-refractivity contribution in [3.8, 4) is 5.75 Å². The number of H-pyrrole nitrogens is 1. The van der Waals surface area contributed by atoms with Crippen LogP contribution in [0.5, 0.6) is 5.75 Å². The van der Waals surface area contributed by atoms with Gasteiger partial charge in [-0.15, -0.1) is 0 Å². The van der Waals surface area contributed by atoms with Crippen molar-refractivity contribution >= 4 is 35.8 Å². The number of aromatic nitrogens is 2. The Morgan fingerprint density at radius 3 is 3.08 bits per heavy atom. The van der Waals surface area contributed by atoms with E-state index in [4.69, 9.17) is 19.4 Å². The Hall–Kier alpha value is -1.16. The minimum Gasteiger partial charge on any atom is -0.507 e. The van der Waals surface area contributed by atoms with E-state index in [9.17, 15) is 5.11 Å². The molecule has 2 rings (SSSR count). The minimum atomic E-state index is -0.0921. The van der Waals surface area contributed by atoms with E-state index in [1.807, 2.05) is 0 Å². The molecule has 0 bridgehead atoms. The number of benzene rings is 1. The number of halogens is 1. The number of fused-ring (bicyclic) bond motifs is 1. The minimum absolute atomic E-state index is 0.0921. The van der Waals surface area contributed by atoms with Crippen LogP contribution in [-0.4, -0.2) is 23.2 Å². The Morgan fingerprint density at radius 2 is 2.33 bits per heavy atom. The van der Waals surface area contributed by atoms with E-state index < -0.39 is 0 Å². The number of hydrogen-bond acceptors (Lipinski definition) is 2. The number of phenols is 1. The van der Waals surface area contributed by atoms with Crippen molar-refractivity contribution < 1.29 is 5.11 Å². The molecule has 2 aromatic rings. The highest BCUT2D eigenvalue weighted by Crippen LogP contribution is 2.24. The van der Waals surface area contributed by atoms with E-state index in [0.717, 1.165) is 5.52 Å². The summed E-state index contributed by atoms with van der Waals surface area (Å²) in [6, 6.07) is 1.58. The first-order valence-electron chi connectivity index (χ1n) is 3.30. The quantitative estimate of drug-likeness (QED) is 0.584. The van der Waals surface area contributed by atoms with Crippen molar-refractivity contribution in [2.45, 2.75) is 0 Å². The molecule has 12 heavy (non-hydrogen) atoms. The summed E-state index contributed by atoms with van der Waals surface area (Å²) in [5.74, 6) is -0.0921. The molecule has 0 atom stereocenters. The van der Waals surface area contributed by atoms with Gasteiger partial charge in [0.05, 0.1) is 16.7 Å². The lowest BCUT2D eigenvalue weighted by atomic mass is 9.91. The summed E-state index contributed by atoms with van der Waals surface area (Å²) < 4.78 is 0. The third kappa shape index (κ3) is 0.882. The van der Waals surface area contributed by atoms with Crippen molar-refractivity contribution in [3.63, 3.8) is 0 Å². The molecule has 3 nitrogen and oxygen atoms in total. The first kappa shape index (κ1) is 7.49. The van der Waals surface area contributed by atoms with Crippen LogP contribution in [0.3, 0.4) is 0 Å². The van der Waals surface area contributed by atoms with Gasteiger partial charge >= 0.3 is 0 Å². The lowest BCUT2D eigenvalue weighted by Crippen LogP contribution is -2.03. The Kier molecular flexibility index (Phi) is 1.51. The molecule has 0 saturated carbocycles. The zero-order chi connectivity index (χ0) is 8.72. The van der Waals surface area contributed by atoms with Crippen LogP contribution in [-0.2, 0) is 0 Å². The van der Waals surface area contributed by atoms with Crippen molar-refractivity contribution in [2.24, 2.45) is 0 Å². The fourth-order valence-corrected chi connectivity index (χ4v) is 1.28. The summed E-state index contributed by atoms with van der Waals surface area (Å²) in [6.07, 6.45) is 1.54. The van der Waals surface area contributed by atoms with Crippen LogP contribution in [0, 0.1) is 0 Å². The second-order valence-corrected chi connectivity index (χ2v) is 2.86. The van der Waals surface area contributed by atoms with Gasteiger partial charge in [-0.25, -0.2) is 0 Å². The first-order chi connectivity index (χ1) is 5.70. The molecule has 0 saturated heterocycles. The largest absolute Gasteiger partial charge is 0.507 e. The summed E-state index contributed by atoms with van der Waals surface area (Å²) >= 11 is 5.67. The number of nitrogens with zero attached hydrogens (tertiary/aromatic N) is 1. The van der Waals surface area contributed by atoms with Gasteiger partial charge < -0.3 is 5.11 Å². The molecule has 2 N–H and O–H groups in total. The number of aromatic hydroxyl groups is 1. The highest BCUT2D eigenvalue weighted by Gasteiger charge is 2.07. The zero-order valence-corrected chi connectivity index (χ0v) is 6.76. The molecular formula is C7H4BClN2O. The van der Waals surface area contributed by atoms with E-state index in [-0.39, 0.29) is 16.2 Å². The molecule has 58 valence electrons. The van der Waals surface area contributed by atoms with Crippen LogP contribution in [0.25, 0.3) is 10.9 Å². The third-order valence-electron chi connectivity index (χ3n) is 1.71. The second kappa shape index (κ2) is 2.42. The van der Waals surface area contributed by atoms with Crippen LogP contribution >= 0.6 is 11.6 Å². The molecule has 0 unspecified atom stereocenters. The lowest BCUT2D eigenvalue weighted by molar-refractivity contribution is 0.480. The van der Waals surface area contributed by atoms with Gasteiger partial charge in [0.2, 0.25) is 0 Å². The van der Waals surface area contributed by atoms with Gasteiger partial charge in [0.1, 0.15) is 13.6 Å². The van der Waals surface area contributed by atoms with Crippen LogP contribution in [0.15, 0.2) is 12.3 Å². The molecule has 1 aromatic heterocycles. The van der Waals surface area contributed by atoms with E-state index >= 15 is 0 Å². The molecule has 2 radical (unpaired) electrons. The van der Waals surface area contributed by atoms with Gasteiger partial charge in [0.15, 0.2) is 0 Å². The maximum Gasteiger partial charge on any atom is 0.127 e. The molecule has 0 aliphatic rings. The van der Waals surface area contributed by atoms with Crippen molar-refractivity contribution in [1.82, 2.24) is 10.2 Å².